The molecule has 0 saturated heterocycles. The van der Waals surface area contributed by atoms with Crippen LogP contribution in [0.3, 0.4) is 0 Å². The molecular weight excluding hydrogens is 333 g/mol. The van der Waals surface area contributed by atoms with Gasteiger partial charge in [0.25, 0.3) is 0 Å². The first-order valence-electron chi connectivity index (χ1n) is 5.95. The van der Waals surface area contributed by atoms with E-state index >= 15 is 0 Å². The van der Waals surface area contributed by atoms with Gasteiger partial charge in [-0.2, -0.15) is 0 Å². The van der Waals surface area contributed by atoms with Crippen LogP contribution >= 0.6 is 34.5 Å². The Kier molecular flexibility index (Phi) is 4.28. The molecule has 0 fully saturated rings. The van der Waals surface area contributed by atoms with Crippen LogP contribution in [0.5, 0.6) is 0 Å². The lowest BCUT2D eigenvalue weighted by Gasteiger charge is -2.00. The number of aromatic nitrogens is 6. The van der Waals surface area contributed by atoms with Gasteiger partial charge < -0.3 is 5.32 Å². The Morgan fingerprint density at radius 1 is 1.14 bits per heavy atom. The number of nitrogens with one attached hydrogen (secondary N) is 1. The third-order valence-electron chi connectivity index (χ3n) is 2.54. The molecule has 0 unspecified atom stereocenters. The van der Waals surface area contributed by atoms with Crippen molar-refractivity contribution in [2.24, 2.45) is 0 Å². The number of rotatable bonds is 5. The average molecular weight is 342 g/mol. The van der Waals surface area contributed by atoms with Crippen LogP contribution in [0.2, 0.25) is 10.0 Å². The van der Waals surface area contributed by atoms with Crippen molar-refractivity contribution in [3.05, 3.63) is 34.6 Å². The Labute approximate surface area is 133 Å². The second-order valence-corrected chi connectivity index (χ2v) is 5.92. The summed E-state index contributed by atoms with van der Waals surface area (Å²) in [4.78, 5) is 0. The van der Waals surface area contributed by atoms with E-state index in [0.29, 0.717) is 28.3 Å². The van der Waals surface area contributed by atoms with Gasteiger partial charge >= 0.3 is 0 Å². The standard InChI is InChI=1S/C11H9Cl2N7S/c12-8-3-7(4-9(13)5-8)10-16-17-11(21-10)14-1-2-20-6-15-18-19-20/h3-6H,1-2H2,(H,14,17). The van der Waals surface area contributed by atoms with Crippen LogP contribution in [0.15, 0.2) is 24.5 Å². The Bertz CT molecular complexity index is 708. The van der Waals surface area contributed by atoms with Gasteiger partial charge in [0.15, 0.2) is 0 Å². The molecule has 108 valence electrons. The maximum Gasteiger partial charge on any atom is 0.206 e. The van der Waals surface area contributed by atoms with Crippen molar-refractivity contribution >= 4 is 39.7 Å². The lowest BCUT2D eigenvalue weighted by atomic mass is 10.2. The molecule has 1 N–H and O–H groups in total. The van der Waals surface area contributed by atoms with E-state index < -0.39 is 0 Å². The molecule has 0 aliphatic heterocycles. The molecule has 2 heterocycles. The zero-order chi connectivity index (χ0) is 14.7. The zero-order valence-electron chi connectivity index (χ0n) is 10.6. The van der Waals surface area contributed by atoms with Gasteiger partial charge in [-0.3, -0.25) is 0 Å². The number of nitrogens with zero attached hydrogens (tertiary/aromatic N) is 6. The summed E-state index contributed by atoms with van der Waals surface area (Å²) in [6, 6.07) is 5.29. The fourth-order valence-corrected chi connectivity index (χ4v) is 2.93. The SMILES string of the molecule is Clc1cc(Cl)cc(-c2nnc(NCCn3cnnn3)s2)c1. The smallest absolute Gasteiger partial charge is 0.206 e. The van der Waals surface area contributed by atoms with Crippen LogP contribution < -0.4 is 5.32 Å². The normalized spacial score (nSPS) is 10.8. The first-order valence-corrected chi connectivity index (χ1v) is 7.52. The van der Waals surface area contributed by atoms with Gasteiger partial charge in [-0.05, 0) is 28.6 Å². The van der Waals surface area contributed by atoms with E-state index in [9.17, 15) is 0 Å². The molecule has 0 aliphatic rings. The third kappa shape index (κ3) is 3.66. The van der Waals surface area contributed by atoms with Crippen molar-refractivity contribution in [3.8, 4) is 10.6 Å². The highest BCUT2D eigenvalue weighted by Crippen LogP contribution is 2.30. The summed E-state index contributed by atoms with van der Waals surface area (Å²) in [5.41, 5.74) is 0.846. The largest absolute Gasteiger partial charge is 0.358 e. The number of hydrogen-bond acceptors (Lipinski definition) is 7. The number of benzene rings is 1. The van der Waals surface area contributed by atoms with Crippen molar-refractivity contribution in [2.75, 3.05) is 11.9 Å². The third-order valence-corrected chi connectivity index (χ3v) is 3.91. The minimum Gasteiger partial charge on any atom is -0.358 e. The lowest BCUT2D eigenvalue weighted by Crippen LogP contribution is -2.10. The van der Waals surface area contributed by atoms with E-state index in [1.165, 1.54) is 11.3 Å². The molecule has 0 aliphatic carbocycles. The summed E-state index contributed by atoms with van der Waals surface area (Å²) in [6.07, 6.45) is 1.56. The Morgan fingerprint density at radius 3 is 2.67 bits per heavy atom. The highest BCUT2D eigenvalue weighted by molar-refractivity contribution is 7.18. The second-order valence-electron chi connectivity index (χ2n) is 4.07. The first-order chi connectivity index (χ1) is 10.2. The highest BCUT2D eigenvalue weighted by atomic mass is 35.5. The van der Waals surface area contributed by atoms with Crippen molar-refractivity contribution in [1.82, 2.24) is 30.4 Å². The van der Waals surface area contributed by atoms with Gasteiger partial charge in [-0.15, -0.1) is 15.3 Å². The Hall–Kier alpha value is -1.77. The van der Waals surface area contributed by atoms with Crippen LogP contribution in [0, 0.1) is 0 Å². The molecule has 2 aromatic heterocycles. The van der Waals surface area contributed by atoms with Crippen LogP contribution in [0.1, 0.15) is 0 Å². The van der Waals surface area contributed by atoms with Gasteiger partial charge in [-0.1, -0.05) is 34.5 Å². The summed E-state index contributed by atoms with van der Waals surface area (Å²) >= 11 is 13.4. The molecule has 0 radical (unpaired) electrons. The van der Waals surface area contributed by atoms with Crippen LogP contribution in [-0.2, 0) is 6.54 Å². The van der Waals surface area contributed by atoms with E-state index in [-0.39, 0.29) is 0 Å². The molecular formula is C11H9Cl2N7S. The first kappa shape index (κ1) is 14.2. The molecule has 0 spiro atoms. The summed E-state index contributed by atoms with van der Waals surface area (Å²) in [5, 5.41) is 24.9. The summed E-state index contributed by atoms with van der Waals surface area (Å²) in [6.45, 7) is 1.29. The molecule has 0 saturated carbocycles. The number of anilines is 1. The van der Waals surface area contributed by atoms with Gasteiger partial charge in [0.2, 0.25) is 5.13 Å². The van der Waals surface area contributed by atoms with E-state index in [2.05, 4.69) is 31.0 Å². The number of tetrazole rings is 1. The van der Waals surface area contributed by atoms with E-state index in [1.807, 2.05) is 0 Å². The highest BCUT2D eigenvalue weighted by Gasteiger charge is 2.08. The second kappa shape index (κ2) is 6.33. The summed E-state index contributed by atoms with van der Waals surface area (Å²) < 4.78 is 1.63. The Balaban J connectivity index is 1.65. The van der Waals surface area contributed by atoms with Gasteiger partial charge in [0.1, 0.15) is 11.3 Å². The van der Waals surface area contributed by atoms with Crippen molar-refractivity contribution in [2.45, 2.75) is 6.54 Å². The number of halogens is 2. The van der Waals surface area contributed by atoms with E-state index in [4.69, 9.17) is 23.2 Å². The minimum atomic E-state index is 0.570. The molecule has 3 rings (SSSR count). The van der Waals surface area contributed by atoms with Gasteiger partial charge in [-0.25, -0.2) is 4.68 Å². The summed E-state index contributed by atoms with van der Waals surface area (Å²) in [7, 11) is 0. The minimum absolute atomic E-state index is 0.570. The van der Waals surface area contributed by atoms with Gasteiger partial charge in [0.05, 0.1) is 6.54 Å². The molecule has 0 bridgehead atoms. The number of hydrogen-bond donors (Lipinski definition) is 1. The zero-order valence-corrected chi connectivity index (χ0v) is 12.9. The van der Waals surface area contributed by atoms with Crippen molar-refractivity contribution < 1.29 is 0 Å². The van der Waals surface area contributed by atoms with Crippen LogP contribution in [-0.4, -0.2) is 36.9 Å². The lowest BCUT2D eigenvalue weighted by molar-refractivity contribution is 0.608. The van der Waals surface area contributed by atoms with E-state index in [1.54, 1.807) is 29.2 Å². The molecule has 1 aromatic carbocycles. The molecule has 0 amide bonds. The molecule has 21 heavy (non-hydrogen) atoms. The van der Waals surface area contributed by atoms with E-state index in [0.717, 1.165) is 10.6 Å². The van der Waals surface area contributed by atoms with Crippen LogP contribution in [0.4, 0.5) is 5.13 Å². The Morgan fingerprint density at radius 2 is 1.95 bits per heavy atom. The fraction of sp³-hybridized carbons (Fsp3) is 0.182. The van der Waals surface area contributed by atoms with Gasteiger partial charge in [0, 0.05) is 22.2 Å². The molecule has 0 atom stereocenters. The quantitative estimate of drug-likeness (QED) is 0.768. The molecule has 7 nitrogen and oxygen atoms in total. The summed E-state index contributed by atoms with van der Waals surface area (Å²) in [5.74, 6) is 0. The average Bonchev–Trinajstić information content (AvgIpc) is 3.09. The maximum atomic E-state index is 5.98. The molecule has 10 heteroatoms. The predicted octanol–water partition coefficient (Wildman–Crippen LogP) is 2.61. The maximum absolute atomic E-state index is 5.98. The van der Waals surface area contributed by atoms with Crippen molar-refractivity contribution in [3.63, 3.8) is 0 Å². The van der Waals surface area contributed by atoms with Crippen LogP contribution in [0.25, 0.3) is 10.6 Å². The fourth-order valence-electron chi connectivity index (χ4n) is 1.65. The monoisotopic (exact) mass is 341 g/mol. The predicted molar refractivity (Wildman–Crippen MR) is 81.7 cm³/mol. The molecule has 3 aromatic rings. The van der Waals surface area contributed by atoms with Crippen molar-refractivity contribution in [1.29, 1.82) is 0 Å². The topological polar surface area (TPSA) is 81.4 Å².